The van der Waals surface area contributed by atoms with E-state index in [1.165, 1.54) is 24.0 Å². The van der Waals surface area contributed by atoms with Crippen molar-refractivity contribution in [2.75, 3.05) is 46.4 Å². The molecule has 0 radical (unpaired) electrons. The number of methoxy groups -OCH3 is 1. The minimum atomic E-state index is 0. The van der Waals surface area contributed by atoms with Crippen LogP contribution in [0.2, 0.25) is 0 Å². The molecule has 1 atom stereocenters. The van der Waals surface area contributed by atoms with Gasteiger partial charge in [0.2, 0.25) is 0 Å². The van der Waals surface area contributed by atoms with Gasteiger partial charge in [-0.3, -0.25) is 4.99 Å². The highest BCUT2D eigenvalue weighted by Gasteiger charge is 2.19. The molecular weight excluding hydrogens is 463 g/mol. The molecule has 2 rings (SSSR count). The number of guanidine groups is 1. The van der Waals surface area contributed by atoms with E-state index in [1.54, 1.807) is 7.11 Å². The van der Waals surface area contributed by atoms with Crippen LogP contribution >= 0.6 is 24.0 Å². The summed E-state index contributed by atoms with van der Waals surface area (Å²) in [6.07, 6.45) is 3.53. The third kappa shape index (κ3) is 8.66. The Morgan fingerprint density at radius 3 is 2.46 bits per heavy atom. The number of hydrogen-bond acceptors (Lipinski definition) is 3. The van der Waals surface area contributed by atoms with Crippen LogP contribution in [0.5, 0.6) is 0 Å². The molecule has 0 amide bonds. The topological polar surface area (TPSA) is 48.9 Å². The van der Waals surface area contributed by atoms with Gasteiger partial charge in [0.25, 0.3) is 0 Å². The summed E-state index contributed by atoms with van der Waals surface area (Å²) in [5.41, 5.74) is 2.67. The fraction of sp³-hybridized carbons (Fsp3) is 0.682. The lowest BCUT2D eigenvalue weighted by Gasteiger charge is -2.31. The third-order valence-corrected chi connectivity index (χ3v) is 5.41. The number of benzene rings is 1. The Kier molecular flexibility index (Phi) is 12.7. The molecule has 1 saturated heterocycles. The second-order valence-electron chi connectivity index (χ2n) is 7.46. The molecule has 28 heavy (non-hydrogen) atoms. The first-order valence-electron chi connectivity index (χ1n) is 10.5. The number of ether oxygens (including phenoxy) is 1. The third-order valence-electron chi connectivity index (χ3n) is 5.41. The summed E-state index contributed by atoms with van der Waals surface area (Å²) in [5, 5.41) is 6.95. The Morgan fingerprint density at radius 2 is 1.89 bits per heavy atom. The van der Waals surface area contributed by atoms with E-state index in [0.29, 0.717) is 5.92 Å². The zero-order valence-electron chi connectivity index (χ0n) is 18.0. The number of aliphatic imine (C=N–C) groups is 1. The van der Waals surface area contributed by atoms with Gasteiger partial charge in [-0.05, 0) is 63.2 Å². The summed E-state index contributed by atoms with van der Waals surface area (Å²) in [5.74, 6) is 1.60. The van der Waals surface area contributed by atoms with E-state index in [1.807, 2.05) is 0 Å². The maximum Gasteiger partial charge on any atom is 0.191 e. The van der Waals surface area contributed by atoms with Crippen molar-refractivity contribution in [2.45, 2.75) is 46.1 Å². The molecule has 1 aromatic rings. The first-order chi connectivity index (χ1) is 13.2. The SMILES string of the molecule is CCNC(=NCC1CCN(CCOC)CC1)NC(C)c1ccc(CC)cc1.I. The van der Waals surface area contributed by atoms with E-state index >= 15 is 0 Å². The van der Waals surface area contributed by atoms with Gasteiger partial charge in [0.05, 0.1) is 12.6 Å². The first-order valence-corrected chi connectivity index (χ1v) is 10.5. The van der Waals surface area contributed by atoms with E-state index in [2.05, 4.69) is 60.6 Å². The van der Waals surface area contributed by atoms with E-state index in [0.717, 1.165) is 51.7 Å². The maximum absolute atomic E-state index is 5.18. The van der Waals surface area contributed by atoms with Crippen LogP contribution in [-0.2, 0) is 11.2 Å². The molecule has 0 aromatic heterocycles. The number of likely N-dealkylation sites (tertiary alicyclic amines) is 1. The molecule has 1 aromatic carbocycles. The van der Waals surface area contributed by atoms with Gasteiger partial charge >= 0.3 is 0 Å². The molecule has 1 heterocycles. The highest BCUT2D eigenvalue weighted by molar-refractivity contribution is 14.0. The van der Waals surface area contributed by atoms with Crippen LogP contribution < -0.4 is 10.6 Å². The molecule has 0 saturated carbocycles. The summed E-state index contributed by atoms with van der Waals surface area (Å²) in [7, 11) is 1.77. The van der Waals surface area contributed by atoms with Gasteiger partial charge in [0.1, 0.15) is 0 Å². The summed E-state index contributed by atoms with van der Waals surface area (Å²) in [4.78, 5) is 7.37. The van der Waals surface area contributed by atoms with Crippen LogP contribution in [0, 0.1) is 5.92 Å². The largest absolute Gasteiger partial charge is 0.383 e. The molecule has 0 aliphatic carbocycles. The normalized spacial score (nSPS) is 17.1. The first kappa shape index (κ1) is 25.2. The Morgan fingerprint density at radius 1 is 1.21 bits per heavy atom. The van der Waals surface area contributed by atoms with Crippen LogP contribution in [0.4, 0.5) is 0 Å². The van der Waals surface area contributed by atoms with E-state index in [-0.39, 0.29) is 30.0 Å². The van der Waals surface area contributed by atoms with E-state index in [9.17, 15) is 0 Å². The van der Waals surface area contributed by atoms with Gasteiger partial charge in [-0.25, -0.2) is 0 Å². The number of nitrogens with zero attached hydrogens (tertiary/aromatic N) is 2. The smallest absolute Gasteiger partial charge is 0.191 e. The van der Waals surface area contributed by atoms with Crippen molar-refractivity contribution in [2.24, 2.45) is 10.9 Å². The molecule has 6 heteroatoms. The number of nitrogens with one attached hydrogen (secondary N) is 2. The van der Waals surface area contributed by atoms with Crippen LogP contribution in [0.3, 0.4) is 0 Å². The molecule has 160 valence electrons. The highest BCUT2D eigenvalue weighted by atomic mass is 127. The molecule has 2 N–H and O–H groups in total. The summed E-state index contributed by atoms with van der Waals surface area (Å²) < 4.78 is 5.18. The van der Waals surface area contributed by atoms with Crippen LogP contribution in [0.25, 0.3) is 0 Å². The lowest BCUT2D eigenvalue weighted by atomic mass is 9.97. The molecule has 1 aliphatic rings. The van der Waals surface area contributed by atoms with E-state index in [4.69, 9.17) is 9.73 Å². The second-order valence-corrected chi connectivity index (χ2v) is 7.46. The van der Waals surface area contributed by atoms with Gasteiger partial charge in [-0.15, -0.1) is 24.0 Å². The van der Waals surface area contributed by atoms with Gasteiger partial charge in [0.15, 0.2) is 5.96 Å². The van der Waals surface area contributed by atoms with Crippen molar-refractivity contribution < 1.29 is 4.74 Å². The van der Waals surface area contributed by atoms with Gasteiger partial charge in [-0.1, -0.05) is 31.2 Å². The standard InChI is InChI=1S/C22H38N4O.HI/c1-5-19-7-9-21(10-8-19)18(3)25-22(23-6-2)24-17-20-11-13-26(14-12-20)15-16-27-4;/h7-10,18,20H,5-6,11-17H2,1-4H3,(H2,23,24,25);1H. The lowest BCUT2D eigenvalue weighted by Crippen LogP contribution is -2.40. The number of aryl methyl sites for hydroxylation is 1. The zero-order valence-corrected chi connectivity index (χ0v) is 20.4. The summed E-state index contributed by atoms with van der Waals surface area (Å²) in [6.45, 7) is 12.5. The van der Waals surface area contributed by atoms with Gasteiger partial charge in [0, 0.05) is 26.7 Å². The van der Waals surface area contributed by atoms with Crippen molar-refractivity contribution in [3.05, 3.63) is 35.4 Å². The number of hydrogen-bond donors (Lipinski definition) is 2. The van der Waals surface area contributed by atoms with Crippen molar-refractivity contribution >= 4 is 29.9 Å². The minimum Gasteiger partial charge on any atom is -0.383 e. The van der Waals surface area contributed by atoms with Crippen molar-refractivity contribution in [1.29, 1.82) is 0 Å². The average Bonchev–Trinajstić information content (AvgIpc) is 2.71. The van der Waals surface area contributed by atoms with Crippen molar-refractivity contribution in [3.63, 3.8) is 0 Å². The Hall–Kier alpha value is -0.860. The quantitative estimate of drug-likeness (QED) is 0.306. The average molecular weight is 502 g/mol. The zero-order chi connectivity index (χ0) is 19.5. The van der Waals surface area contributed by atoms with Crippen LogP contribution in [-0.4, -0.2) is 57.3 Å². The summed E-state index contributed by atoms with van der Waals surface area (Å²) in [6, 6.07) is 9.11. The molecule has 5 nitrogen and oxygen atoms in total. The molecule has 1 fully saturated rings. The van der Waals surface area contributed by atoms with Gasteiger partial charge < -0.3 is 20.3 Å². The maximum atomic E-state index is 5.18. The predicted molar refractivity (Wildman–Crippen MR) is 130 cm³/mol. The van der Waals surface area contributed by atoms with Crippen molar-refractivity contribution in [1.82, 2.24) is 15.5 Å². The highest BCUT2D eigenvalue weighted by Crippen LogP contribution is 2.18. The lowest BCUT2D eigenvalue weighted by molar-refractivity contribution is 0.121. The molecular formula is C22H39IN4O. The fourth-order valence-corrected chi connectivity index (χ4v) is 3.48. The summed E-state index contributed by atoms with van der Waals surface area (Å²) >= 11 is 0. The van der Waals surface area contributed by atoms with Crippen LogP contribution in [0.1, 0.15) is 50.8 Å². The Bertz CT molecular complexity index is 556. The monoisotopic (exact) mass is 502 g/mol. The van der Waals surface area contributed by atoms with Crippen molar-refractivity contribution in [3.8, 4) is 0 Å². The predicted octanol–water partition coefficient (Wildman–Crippen LogP) is 3.84. The second kappa shape index (κ2) is 14.2. The Labute approximate surface area is 188 Å². The molecule has 0 bridgehead atoms. The van der Waals surface area contributed by atoms with Gasteiger partial charge in [-0.2, -0.15) is 0 Å². The molecule has 1 unspecified atom stereocenters. The number of piperidine rings is 1. The fourth-order valence-electron chi connectivity index (χ4n) is 3.48. The van der Waals surface area contributed by atoms with Crippen LogP contribution in [0.15, 0.2) is 29.3 Å². The Balaban J connectivity index is 0.00000392. The number of halogens is 1. The van der Waals surface area contributed by atoms with E-state index < -0.39 is 0 Å². The minimum absolute atomic E-state index is 0. The molecule has 0 spiro atoms. The number of rotatable bonds is 9. The molecule has 1 aliphatic heterocycles.